The van der Waals surface area contributed by atoms with E-state index >= 15 is 0 Å². The van der Waals surface area contributed by atoms with Crippen LogP contribution in [-0.4, -0.2) is 11.3 Å². The zero-order valence-electron chi connectivity index (χ0n) is 10.6. The van der Waals surface area contributed by atoms with Gasteiger partial charge in [-0.3, -0.25) is 4.99 Å². The number of benzene rings is 3. The number of hydrogen-bond acceptors (Lipinski definition) is 2. The Labute approximate surface area is 125 Å². The highest BCUT2D eigenvalue weighted by Crippen LogP contribution is 2.28. The summed E-state index contributed by atoms with van der Waals surface area (Å²) in [4.78, 5) is 4.39. The van der Waals surface area contributed by atoms with E-state index in [9.17, 15) is 5.11 Å². The summed E-state index contributed by atoms with van der Waals surface area (Å²) in [6.45, 7) is 0. The summed E-state index contributed by atoms with van der Waals surface area (Å²) in [6, 6.07) is 19.3. The monoisotopic (exact) mass is 325 g/mol. The van der Waals surface area contributed by atoms with Crippen LogP contribution in [0.4, 0.5) is 5.69 Å². The summed E-state index contributed by atoms with van der Waals surface area (Å²) in [6.07, 6.45) is 1.68. The molecular formula is C17H12BrNO. The Kier molecular flexibility index (Phi) is 3.52. The molecule has 0 saturated heterocycles. The van der Waals surface area contributed by atoms with Gasteiger partial charge in [-0.05, 0) is 29.7 Å². The quantitative estimate of drug-likeness (QED) is 0.656. The van der Waals surface area contributed by atoms with E-state index in [1.807, 2.05) is 60.7 Å². The Morgan fingerprint density at radius 3 is 2.65 bits per heavy atom. The van der Waals surface area contributed by atoms with E-state index in [2.05, 4.69) is 20.9 Å². The third-order valence-corrected chi connectivity index (χ3v) is 3.59. The van der Waals surface area contributed by atoms with Gasteiger partial charge in [-0.2, -0.15) is 0 Å². The number of phenolic OH excluding ortho intramolecular Hbond substituents is 1. The molecule has 3 aromatic carbocycles. The lowest BCUT2D eigenvalue weighted by atomic mass is 10.1. The van der Waals surface area contributed by atoms with Crippen molar-refractivity contribution in [2.45, 2.75) is 0 Å². The van der Waals surface area contributed by atoms with Gasteiger partial charge in [0.25, 0.3) is 0 Å². The highest BCUT2D eigenvalue weighted by atomic mass is 79.9. The number of aromatic hydroxyl groups is 1. The molecule has 1 N–H and O–H groups in total. The van der Waals surface area contributed by atoms with Crippen LogP contribution in [0.1, 0.15) is 5.56 Å². The second-order valence-corrected chi connectivity index (χ2v) is 5.38. The van der Waals surface area contributed by atoms with Crippen molar-refractivity contribution in [2.24, 2.45) is 4.99 Å². The number of rotatable bonds is 2. The van der Waals surface area contributed by atoms with Crippen LogP contribution in [-0.2, 0) is 0 Å². The molecular weight excluding hydrogens is 314 g/mol. The minimum absolute atomic E-state index is 0.266. The van der Waals surface area contributed by atoms with Crippen molar-refractivity contribution in [1.82, 2.24) is 0 Å². The molecule has 3 rings (SSSR count). The second kappa shape index (κ2) is 5.47. The third-order valence-electron chi connectivity index (χ3n) is 3.09. The number of aliphatic imine (C=N–C) groups is 1. The lowest BCUT2D eigenvalue weighted by molar-refractivity contribution is 0.481. The lowest BCUT2D eigenvalue weighted by Gasteiger charge is -2.04. The maximum Gasteiger partial charge on any atom is 0.132 e. The van der Waals surface area contributed by atoms with Gasteiger partial charge in [0.2, 0.25) is 0 Å². The number of nitrogens with zero attached hydrogens (tertiary/aromatic N) is 1. The summed E-state index contributed by atoms with van der Waals surface area (Å²) >= 11 is 3.41. The standard InChI is InChI=1S/C17H12BrNO/c18-14-5-3-6-15(10-14)19-11-13-9-8-12-4-1-2-7-16(12)17(13)20/h1-11,20H. The third kappa shape index (κ3) is 2.58. The molecule has 0 saturated carbocycles. The number of phenols is 1. The van der Waals surface area contributed by atoms with Crippen molar-refractivity contribution in [2.75, 3.05) is 0 Å². The molecule has 0 bridgehead atoms. The van der Waals surface area contributed by atoms with E-state index in [1.165, 1.54) is 0 Å². The van der Waals surface area contributed by atoms with Gasteiger partial charge in [0.15, 0.2) is 0 Å². The molecule has 0 aliphatic heterocycles. The van der Waals surface area contributed by atoms with Crippen molar-refractivity contribution in [1.29, 1.82) is 0 Å². The maximum absolute atomic E-state index is 10.3. The first-order valence-electron chi connectivity index (χ1n) is 6.24. The molecule has 0 aromatic heterocycles. The Bertz CT molecular complexity index is 796. The number of fused-ring (bicyclic) bond motifs is 1. The van der Waals surface area contributed by atoms with E-state index < -0.39 is 0 Å². The first kappa shape index (κ1) is 12.9. The van der Waals surface area contributed by atoms with Gasteiger partial charge in [-0.25, -0.2) is 0 Å². The van der Waals surface area contributed by atoms with Crippen LogP contribution in [0.25, 0.3) is 10.8 Å². The fraction of sp³-hybridized carbons (Fsp3) is 0. The maximum atomic E-state index is 10.3. The Hall–Kier alpha value is -2.13. The molecule has 0 atom stereocenters. The fourth-order valence-electron chi connectivity index (χ4n) is 2.08. The molecule has 0 aliphatic rings. The van der Waals surface area contributed by atoms with Gasteiger partial charge in [0, 0.05) is 21.6 Å². The van der Waals surface area contributed by atoms with Crippen molar-refractivity contribution in [3.63, 3.8) is 0 Å². The highest BCUT2D eigenvalue weighted by Gasteiger charge is 2.03. The van der Waals surface area contributed by atoms with E-state index in [0.29, 0.717) is 5.56 Å². The van der Waals surface area contributed by atoms with E-state index in [4.69, 9.17) is 0 Å². The predicted molar refractivity (Wildman–Crippen MR) is 87.0 cm³/mol. The molecule has 20 heavy (non-hydrogen) atoms. The molecule has 0 heterocycles. The molecule has 3 heteroatoms. The Morgan fingerprint density at radius 2 is 1.80 bits per heavy atom. The molecule has 0 spiro atoms. The fourth-order valence-corrected chi connectivity index (χ4v) is 2.46. The van der Waals surface area contributed by atoms with Crippen molar-refractivity contribution >= 4 is 38.6 Å². The minimum atomic E-state index is 0.266. The molecule has 98 valence electrons. The van der Waals surface area contributed by atoms with Crippen LogP contribution in [0.15, 0.2) is 70.1 Å². The van der Waals surface area contributed by atoms with Crippen LogP contribution in [0, 0.1) is 0 Å². The molecule has 0 amide bonds. The van der Waals surface area contributed by atoms with Crippen molar-refractivity contribution in [3.8, 4) is 5.75 Å². The topological polar surface area (TPSA) is 32.6 Å². The average Bonchev–Trinajstić information content (AvgIpc) is 2.47. The van der Waals surface area contributed by atoms with Gasteiger partial charge in [-0.1, -0.05) is 52.3 Å². The molecule has 0 unspecified atom stereocenters. The second-order valence-electron chi connectivity index (χ2n) is 4.46. The molecule has 0 fully saturated rings. The molecule has 0 radical (unpaired) electrons. The first-order valence-corrected chi connectivity index (χ1v) is 7.04. The predicted octanol–water partition coefficient (Wildman–Crippen LogP) is 5.06. The minimum Gasteiger partial charge on any atom is -0.507 e. The van der Waals surface area contributed by atoms with E-state index in [-0.39, 0.29) is 5.75 Å². The molecule has 2 nitrogen and oxygen atoms in total. The van der Waals surface area contributed by atoms with Crippen LogP contribution < -0.4 is 0 Å². The number of hydrogen-bond donors (Lipinski definition) is 1. The van der Waals surface area contributed by atoms with Crippen LogP contribution in [0.5, 0.6) is 5.75 Å². The zero-order chi connectivity index (χ0) is 13.9. The highest BCUT2D eigenvalue weighted by molar-refractivity contribution is 9.10. The summed E-state index contributed by atoms with van der Waals surface area (Å²) < 4.78 is 0.981. The molecule has 3 aromatic rings. The Balaban J connectivity index is 2.01. The Morgan fingerprint density at radius 1 is 0.950 bits per heavy atom. The van der Waals surface area contributed by atoms with Crippen LogP contribution in [0.3, 0.4) is 0 Å². The SMILES string of the molecule is Oc1c(C=Nc2cccc(Br)c2)ccc2ccccc12. The number of halogens is 1. The smallest absolute Gasteiger partial charge is 0.132 e. The zero-order valence-corrected chi connectivity index (χ0v) is 12.2. The van der Waals surface area contributed by atoms with Gasteiger partial charge in [0.1, 0.15) is 5.75 Å². The lowest BCUT2D eigenvalue weighted by Crippen LogP contribution is -1.84. The summed E-state index contributed by atoms with van der Waals surface area (Å²) in [5.41, 5.74) is 1.55. The summed E-state index contributed by atoms with van der Waals surface area (Å²) in [7, 11) is 0. The average molecular weight is 326 g/mol. The summed E-state index contributed by atoms with van der Waals surface area (Å²) in [5, 5.41) is 12.1. The van der Waals surface area contributed by atoms with E-state index in [1.54, 1.807) is 6.21 Å². The van der Waals surface area contributed by atoms with Gasteiger partial charge < -0.3 is 5.11 Å². The van der Waals surface area contributed by atoms with Gasteiger partial charge in [0.05, 0.1) is 5.69 Å². The van der Waals surface area contributed by atoms with Crippen LogP contribution >= 0.6 is 15.9 Å². The molecule has 0 aliphatic carbocycles. The van der Waals surface area contributed by atoms with Crippen molar-refractivity contribution in [3.05, 3.63) is 70.7 Å². The van der Waals surface area contributed by atoms with E-state index in [0.717, 1.165) is 20.9 Å². The normalized spacial score (nSPS) is 11.2. The summed E-state index contributed by atoms with van der Waals surface area (Å²) in [5.74, 6) is 0.266. The largest absolute Gasteiger partial charge is 0.507 e. The van der Waals surface area contributed by atoms with Gasteiger partial charge >= 0.3 is 0 Å². The van der Waals surface area contributed by atoms with Crippen molar-refractivity contribution < 1.29 is 5.11 Å². The van der Waals surface area contributed by atoms with Gasteiger partial charge in [-0.15, -0.1) is 0 Å². The first-order chi connectivity index (χ1) is 9.74. The van der Waals surface area contributed by atoms with Crippen LogP contribution in [0.2, 0.25) is 0 Å².